The van der Waals surface area contributed by atoms with Crippen LogP contribution in [0.5, 0.6) is 0 Å². The van der Waals surface area contributed by atoms with Crippen LogP contribution in [0.4, 0.5) is 5.13 Å². The molecule has 0 aromatic carbocycles. The highest BCUT2D eigenvalue weighted by Crippen LogP contribution is 2.29. The fourth-order valence-corrected chi connectivity index (χ4v) is 2.84. The minimum absolute atomic E-state index is 0.689. The Bertz CT molecular complexity index is 452. The van der Waals surface area contributed by atoms with E-state index in [-0.39, 0.29) is 0 Å². The van der Waals surface area contributed by atoms with E-state index in [0.717, 1.165) is 27.9 Å². The first-order valence-electron chi connectivity index (χ1n) is 4.90. The number of hydrogen-bond acceptors (Lipinski definition) is 6. The first-order valence-corrected chi connectivity index (χ1v) is 6.66. The Labute approximate surface area is 102 Å². The van der Waals surface area contributed by atoms with Gasteiger partial charge in [0.25, 0.3) is 0 Å². The lowest BCUT2D eigenvalue weighted by Crippen LogP contribution is -2.06. The molecular weight excluding hydrogens is 242 g/mol. The zero-order chi connectivity index (χ0) is 11.4. The molecular formula is C10H13N3OS2. The number of anilines is 1. The molecule has 0 unspecified atom stereocenters. The molecule has 2 rings (SSSR count). The second kappa shape index (κ2) is 5.38. The Morgan fingerprint density at radius 3 is 3.00 bits per heavy atom. The molecule has 0 aliphatic heterocycles. The van der Waals surface area contributed by atoms with E-state index in [9.17, 15) is 0 Å². The fourth-order valence-electron chi connectivity index (χ4n) is 1.27. The molecule has 86 valence electrons. The second-order valence-electron chi connectivity index (χ2n) is 3.22. The Kier molecular flexibility index (Phi) is 3.87. The molecule has 0 fully saturated rings. The molecule has 0 atom stereocenters. The third-order valence-corrected chi connectivity index (χ3v) is 3.82. The minimum atomic E-state index is 0.689. The van der Waals surface area contributed by atoms with Crippen LogP contribution < -0.4 is 5.32 Å². The number of nitrogens with zero attached hydrogens (tertiary/aromatic N) is 2. The zero-order valence-electron chi connectivity index (χ0n) is 9.19. The first kappa shape index (κ1) is 11.5. The van der Waals surface area contributed by atoms with Crippen molar-refractivity contribution in [2.45, 2.75) is 6.92 Å². The highest BCUT2D eigenvalue weighted by Gasteiger charge is 2.08. The summed E-state index contributed by atoms with van der Waals surface area (Å²) >= 11 is 3.23. The van der Waals surface area contributed by atoms with Gasteiger partial charge >= 0.3 is 0 Å². The van der Waals surface area contributed by atoms with E-state index in [1.165, 1.54) is 0 Å². The van der Waals surface area contributed by atoms with Crippen LogP contribution in [0.15, 0.2) is 10.9 Å². The van der Waals surface area contributed by atoms with Crippen LogP contribution in [-0.2, 0) is 4.74 Å². The lowest BCUT2D eigenvalue weighted by atomic mass is 10.3. The van der Waals surface area contributed by atoms with Gasteiger partial charge in [0.2, 0.25) is 0 Å². The van der Waals surface area contributed by atoms with Crippen LogP contribution in [0.1, 0.15) is 5.69 Å². The highest BCUT2D eigenvalue weighted by molar-refractivity contribution is 7.15. The lowest BCUT2D eigenvalue weighted by molar-refractivity contribution is 0.211. The van der Waals surface area contributed by atoms with Gasteiger partial charge < -0.3 is 10.1 Å². The molecule has 0 radical (unpaired) electrons. The largest absolute Gasteiger partial charge is 0.383 e. The van der Waals surface area contributed by atoms with Gasteiger partial charge in [0, 0.05) is 19.0 Å². The van der Waals surface area contributed by atoms with Crippen LogP contribution in [0.25, 0.3) is 10.6 Å². The van der Waals surface area contributed by atoms with Gasteiger partial charge in [-0.05, 0) is 6.92 Å². The molecule has 0 saturated heterocycles. The van der Waals surface area contributed by atoms with Gasteiger partial charge in [-0.1, -0.05) is 0 Å². The van der Waals surface area contributed by atoms with Gasteiger partial charge in [0.1, 0.15) is 0 Å². The molecule has 4 nitrogen and oxygen atoms in total. The van der Waals surface area contributed by atoms with Crippen LogP contribution in [-0.4, -0.2) is 30.2 Å². The maximum absolute atomic E-state index is 4.97. The summed E-state index contributed by atoms with van der Waals surface area (Å²) in [4.78, 5) is 9.88. The Morgan fingerprint density at radius 1 is 1.44 bits per heavy atom. The second-order valence-corrected chi connectivity index (χ2v) is 4.94. The van der Waals surface area contributed by atoms with E-state index in [2.05, 4.69) is 20.7 Å². The SMILES string of the molecule is COCCNc1nc(-c2scnc2C)cs1. The standard InChI is InChI=1S/C10H13N3OS2/c1-7-9(16-6-12-7)8-5-15-10(13-8)11-3-4-14-2/h5-6H,3-4H2,1-2H3,(H,11,13). The number of methoxy groups -OCH3 is 1. The van der Waals surface area contributed by atoms with Gasteiger partial charge in [0.05, 0.1) is 28.4 Å². The third kappa shape index (κ3) is 2.58. The summed E-state index contributed by atoms with van der Waals surface area (Å²) < 4.78 is 4.97. The number of ether oxygens (including phenoxy) is 1. The summed E-state index contributed by atoms with van der Waals surface area (Å²) in [5.41, 5.74) is 3.89. The van der Waals surface area contributed by atoms with Crippen molar-refractivity contribution in [3.8, 4) is 10.6 Å². The van der Waals surface area contributed by atoms with Crippen molar-refractivity contribution in [2.75, 3.05) is 25.6 Å². The van der Waals surface area contributed by atoms with E-state index >= 15 is 0 Å². The van der Waals surface area contributed by atoms with Crippen LogP contribution >= 0.6 is 22.7 Å². The van der Waals surface area contributed by atoms with Crippen LogP contribution in [0, 0.1) is 6.92 Å². The molecule has 16 heavy (non-hydrogen) atoms. The summed E-state index contributed by atoms with van der Waals surface area (Å²) in [6.45, 7) is 3.48. The quantitative estimate of drug-likeness (QED) is 0.834. The van der Waals surface area contributed by atoms with Crippen molar-refractivity contribution in [3.63, 3.8) is 0 Å². The molecule has 0 bridgehead atoms. The third-order valence-electron chi connectivity index (χ3n) is 2.06. The molecule has 0 amide bonds. The Hall–Kier alpha value is -0.980. The number of aryl methyl sites for hydroxylation is 1. The van der Waals surface area contributed by atoms with E-state index in [1.807, 2.05) is 12.4 Å². The average Bonchev–Trinajstić information content (AvgIpc) is 2.87. The van der Waals surface area contributed by atoms with Crippen molar-refractivity contribution in [2.24, 2.45) is 0 Å². The van der Waals surface area contributed by atoms with Gasteiger partial charge in [0.15, 0.2) is 5.13 Å². The maximum Gasteiger partial charge on any atom is 0.183 e. The van der Waals surface area contributed by atoms with Crippen molar-refractivity contribution in [3.05, 3.63) is 16.6 Å². The molecule has 2 aromatic rings. The fraction of sp³-hybridized carbons (Fsp3) is 0.400. The number of rotatable bonds is 5. The van der Waals surface area contributed by atoms with E-state index in [1.54, 1.807) is 29.8 Å². The van der Waals surface area contributed by atoms with Crippen LogP contribution in [0.2, 0.25) is 0 Å². The van der Waals surface area contributed by atoms with Crippen molar-refractivity contribution >= 4 is 27.8 Å². The number of nitrogens with one attached hydrogen (secondary N) is 1. The molecule has 0 saturated carbocycles. The van der Waals surface area contributed by atoms with Crippen molar-refractivity contribution < 1.29 is 4.74 Å². The summed E-state index contributed by atoms with van der Waals surface area (Å²) in [5, 5.41) is 6.20. The van der Waals surface area contributed by atoms with Gasteiger partial charge in [-0.25, -0.2) is 9.97 Å². The number of thiazole rings is 2. The minimum Gasteiger partial charge on any atom is -0.383 e. The van der Waals surface area contributed by atoms with Gasteiger partial charge in [-0.3, -0.25) is 0 Å². The van der Waals surface area contributed by atoms with E-state index < -0.39 is 0 Å². The summed E-state index contributed by atoms with van der Waals surface area (Å²) in [6.07, 6.45) is 0. The highest BCUT2D eigenvalue weighted by atomic mass is 32.1. The van der Waals surface area contributed by atoms with Crippen molar-refractivity contribution in [1.82, 2.24) is 9.97 Å². The Morgan fingerprint density at radius 2 is 2.31 bits per heavy atom. The average molecular weight is 255 g/mol. The lowest BCUT2D eigenvalue weighted by Gasteiger charge is -1.99. The molecule has 0 aliphatic carbocycles. The molecule has 2 heterocycles. The number of aromatic nitrogens is 2. The van der Waals surface area contributed by atoms with Crippen molar-refractivity contribution in [1.29, 1.82) is 0 Å². The monoisotopic (exact) mass is 255 g/mol. The summed E-state index contributed by atoms with van der Waals surface area (Å²) in [6, 6.07) is 0. The predicted molar refractivity (Wildman–Crippen MR) is 68.3 cm³/mol. The molecule has 1 N–H and O–H groups in total. The maximum atomic E-state index is 4.97. The number of hydrogen-bond donors (Lipinski definition) is 1. The zero-order valence-corrected chi connectivity index (χ0v) is 10.8. The molecule has 6 heteroatoms. The summed E-state index contributed by atoms with van der Waals surface area (Å²) in [5.74, 6) is 0. The topological polar surface area (TPSA) is 47.0 Å². The van der Waals surface area contributed by atoms with Gasteiger partial charge in [-0.15, -0.1) is 22.7 Å². The molecule has 0 spiro atoms. The molecule has 0 aliphatic rings. The van der Waals surface area contributed by atoms with Crippen LogP contribution in [0.3, 0.4) is 0 Å². The van der Waals surface area contributed by atoms with E-state index in [0.29, 0.717) is 6.61 Å². The first-order chi connectivity index (χ1) is 7.81. The molecule has 2 aromatic heterocycles. The predicted octanol–water partition coefficient (Wildman–Crippen LogP) is 2.63. The normalized spacial score (nSPS) is 10.6. The smallest absolute Gasteiger partial charge is 0.183 e. The summed E-state index contributed by atoms with van der Waals surface area (Å²) in [7, 11) is 1.69. The van der Waals surface area contributed by atoms with E-state index in [4.69, 9.17) is 4.74 Å². The Balaban J connectivity index is 2.05. The van der Waals surface area contributed by atoms with Gasteiger partial charge in [-0.2, -0.15) is 0 Å².